The van der Waals surface area contributed by atoms with Crippen molar-refractivity contribution >= 4 is 15.9 Å². The number of sulfonamides is 1. The van der Waals surface area contributed by atoms with Crippen LogP contribution in [-0.2, 0) is 31.3 Å². The number of piperidine rings is 2. The lowest BCUT2D eigenvalue weighted by Gasteiger charge is -2.40. The molecule has 1 aromatic heterocycles. The zero-order valence-electron chi connectivity index (χ0n) is 30.4. The maximum absolute atomic E-state index is 14.1. The molecule has 0 aliphatic carbocycles. The fraction of sp³-hybridized carbons (Fsp3) is 0.526. The van der Waals surface area contributed by atoms with E-state index in [9.17, 15) is 23.1 Å². The summed E-state index contributed by atoms with van der Waals surface area (Å²) in [6.07, 6.45) is 6.58. The number of carbonyl (C=O) groups is 1. The molecule has 2 atom stereocenters. The Bertz CT molecular complexity index is 1860. The highest BCUT2D eigenvalue weighted by atomic mass is 32.2. The summed E-state index contributed by atoms with van der Waals surface area (Å²) in [6, 6.07) is 15.9. The number of nitrogens with zero attached hydrogens (tertiary/aromatic N) is 5. The molecule has 6 rings (SSSR count). The molecule has 0 radical (unpaired) electrons. The number of aliphatic hydroxyl groups is 1. The first-order chi connectivity index (χ1) is 25.1. The largest absolute Gasteiger partial charge is 0.497 e. The molecule has 3 aliphatic rings. The highest BCUT2D eigenvalue weighted by Gasteiger charge is 2.36. The Labute approximate surface area is 306 Å². The molecule has 0 saturated carbocycles. The molecule has 3 aromatic rings. The summed E-state index contributed by atoms with van der Waals surface area (Å²) in [4.78, 5) is 32.6. The van der Waals surface area contributed by atoms with Crippen LogP contribution in [-0.4, -0.2) is 115 Å². The van der Waals surface area contributed by atoms with Crippen LogP contribution in [0.2, 0.25) is 0 Å². The molecule has 4 heterocycles. The Kier molecular flexibility index (Phi) is 12.2. The maximum atomic E-state index is 14.1. The highest BCUT2D eigenvalue weighted by molar-refractivity contribution is 7.89. The number of allylic oxidation sites excluding steroid dienone is 1. The zero-order chi connectivity index (χ0) is 36.8. The SMILES string of the molecule is COc1ccc(S(=O)(=O)N(CCO)CCO[C@@H]2C[C@H](c3c(C)n(C)n(-c4ccccc4)c3=O)C=C(C(=O)N3CCC(N4CCCCC4)CC3)O2)cc1. The summed E-state index contributed by atoms with van der Waals surface area (Å²) in [7, 11) is -0.625. The van der Waals surface area contributed by atoms with Gasteiger partial charge in [-0.2, -0.15) is 4.31 Å². The molecule has 14 heteroatoms. The summed E-state index contributed by atoms with van der Waals surface area (Å²) < 4.78 is 49.1. The number of hydrogen-bond acceptors (Lipinski definition) is 9. The number of aromatic nitrogens is 2. The fourth-order valence-corrected chi connectivity index (χ4v) is 9.06. The molecule has 13 nitrogen and oxygen atoms in total. The molecular formula is C38H51N5O8S. The van der Waals surface area contributed by atoms with Gasteiger partial charge in [0.2, 0.25) is 16.3 Å². The van der Waals surface area contributed by atoms with E-state index in [1.165, 1.54) is 38.5 Å². The van der Waals surface area contributed by atoms with Gasteiger partial charge in [0.25, 0.3) is 11.5 Å². The Morgan fingerprint density at radius 2 is 1.67 bits per heavy atom. The predicted octanol–water partition coefficient (Wildman–Crippen LogP) is 3.38. The van der Waals surface area contributed by atoms with Gasteiger partial charge < -0.3 is 29.1 Å². The van der Waals surface area contributed by atoms with Crippen LogP contribution in [0.4, 0.5) is 0 Å². The molecule has 0 bridgehead atoms. The van der Waals surface area contributed by atoms with Crippen molar-refractivity contribution in [3.8, 4) is 11.4 Å². The molecule has 0 unspecified atom stereocenters. The number of methoxy groups -OCH3 is 1. The topological polar surface area (TPSA) is 136 Å². The molecule has 2 aromatic carbocycles. The van der Waals surface area contributed by atoms with Crippen LogP contribution in [0.1, 0.15) is 55.7 Å². The van der Waals surface area contributed by atoms with Gasteiger partial charge in [0, 0.05) is 62.9 Å². The van der Waals surface area contributed by atoms with Crippen LogP contribution in [0, 0.1) is 6.92 Å². The maximum Gasteiger partial charge on any atom is 0.288 e. The van der Waals surface area contributed by atoms with E-state index in [1.54, 1.807) is 22.9 Å². The van der Waals surface area contributed by atoms with Crippen LogP contribution in [0.15, 0.2) is 76.1 Å². The standard InChI is InChI=1S/C38H51N5O8S/c1-28-36(38(46)43(39(28)2)31-10-6-4-7-11-31)29-26-34(37(45)41-20-16-30(17-21-41)40-18-8-5-9-19-40)51-35(27-29)50-25-23-42(22-24-44)52(47,48)33-14-12-32(49-3)13-15-33/h4,6-7,10-15,26,29-30,35,44H,5,8-9,16-25,27H2,1-3H3/t29-,35+/m1/s1. The number of rotatable bonds is 13. The number of amides is 1. The molecule has 52 heavy (non-hydrogen) atoms. The highest BCUT2D eigenvalue weighted by Crippen LogP contribution is 2.34. The summed E-state index contributed by atoms with van der Waals surface area (Å²) in [5.74, 6) is -0.0845. The van der Waals surface area contributed by atoms with Gasteiger partial charge >= 0.3 is 0 Å². The van der Waals surface area contributed by atoms with Gasteiger partial charge in [-0.1, -0.05) is 24.6 Å². The van der Waals surface area contributed by atoms with Gasteiger partial charge in [-0.15, -0.1) is 0 Å². The molecule has 2 fully saturated rings. The van der Waals surface area contributed by atoms with Crippen molar-refractivity contribution in [2.45, 2.75) is 68.6 Å². The predicted molar refractivity (Wildman–Crippen MR) is 196 cm³/mol. The van der Waals surface area contributed by atoms with Crippen molar-refractivity contribution in [2.24, 2.45) is 7.05 Å². The number of carbonyl (C=O) groups excluding carboxylic acids is 1. The average molecular weight is 738 g/mol. The van der Waals surface area contributed by atoms with Crippen molar-refractivity contribution in [1.29, 1.82) is 0 Å². The minimum atomic E-state index is -3.96. The molecular weight excluding hydrogens is 687 g/mol. The quantitative estimate of drug-likeness (QED) is 0.280. The van der Waals surface area contributed by atoms with Gasteiger partial charge in [-0.05, 0) is 88.2 Å². The first-order valence-electron chi connectivity index (χ1n) is 18.2. The molecule has 1 N–H and O–H groups in total. The van der Waals surface area contributed by atoms with Crippen molar-refractivity contribution in [2.75, 3.05) is 59.6 Å². The van der Waals surface area contributed by atoms with Crippen LogP contribution in [0.25, 0.3) is 5.69 Å². The molecule has 0 spiro atoms. The van der Waals surface area contributed by atoms with Gasteiger partial charge in [-0.25, -0.2) is 13.1 Å². The lowest BCUT2D eigenvalue weighted by atomic mass is 9.92. The second kappa shape index (κ2) is 16.8. The van der Waals surface area contributed by atoms with Crippen LogP contribution in [0.3, 0.4) is 0 Å². The minimum Gasteiger partial charge on any atom is -0.497 e. The third-order valence-electron chi connectivity index (χ3n) is 10.6. The van der Waals surface area contributed by atoms with E-state index in [2.05, 4.69) is 4.90 Å². The normalized spacial score (nSPS) is 20.5. The minimum absolute atomic E-state index is 0.0600. The van der Waals surface area contributed by atoms with E-state index in [0.717, 1.165) is 41.6 Å². The van der Waals surface area contributed by atoms with E-state index in [-0.39, 0.29) is 54.8 Å². The molecule has 2 saturated heterocycles. The van der Waals surface area contributed by atoms with Gasteiger partial charge in [0.05, 0.1) is 30.9 Å². The molecule has 1 amide bonds. The summed E-state index contributed by atoms with van der Waals surface area (Å²) in [6.45, 7) is 4.68. The second-order valence-corrected chi connectivity index (χ2v) is 15.6. The second-order valence-electron chi connectivity index (χ2n) is 13.7. The van der Waals surface area contributed by atoms with E-state index in [0.29, 0.717) is 30.4 Å². The zero-order valence-corrected chi connectivity index (χ0v) is 31.2. The summed E-state index contributed by atoms with van der Waals surface area (Å²) in [5.41, 5.74) is 1.83. The van der Waals surface area contributed by atoms with Crippen LogP contribution < -0.4 is 10.3 Å². The van der Waals surface area contributed by atoms with Gasteiger partial charge in [0.1, 0.15) is 5.75 Å². The van der Waals surface area contributed by atoms with Crippen LogP contribution >= 0.6 is 0 Å². The smallest absolute Gasteiger partial charge is 0.288 e. The fourth-order valence-electron chi connectivity index (χ4n) is 7.65. The van der Waals surface area contributed by atoms with E-state index in [4.69, 9.17) is 14.2 Å². The van der Waals surface area contributed by atoms with Crippen molar-refractivity contribution in [1.82, 2.24) is 23.5 Å². The van der Waals surface area contributed by atoms with Crippen molar-refractivity contribution in [3.05, 3.63) is 88.0 Å². The van der Waals surface area contributed by atoms with Gasteiger partial charge in [0.15, 0.2) is 5.76 Å². The first kappa shape index (κ1) is 37.8. The van der Waals surface area contributed by atoms with Gasteiger partial charge in [-0.3, -0.25) is 14.3 Å². The number of likely N-dealkylation sites (tertiary alicyclic amines) is 2. The monoisotopic (exact) mass is 737 g/mol. The average Bonchev–Trinajstić information content (AvgIpc) is 3.40. The number of benzene rings is 2. The Balaban J connectivity index is 1.22. The van der Waals surface area contributed by atoms with E-state index in [1.807, 2.05) is 53.9 Å². The third-order valence-corrected chi connectivity index (χ3v) is 12.5. The number of ether oxygens (including phenoxy) is 3. The lowest BCUT2D eigenvalue weighted by Crippen LogP contribution is -2.49. The Morgan fingerprint density at radius 3 is 2.33 bits per heavy atom. The molecule has 282 valence electrons. The van der Waals surface area contributed by atoms with Crippen molar-refractivity contribution < 1.29 is 32.5 Å². The summed E-state index contributed by atoms with van der Waals surface area (Å²) in [5, 5.41) is 9.73. The van der Waals surface area contributed by atoms with Crippen molar-refractivity contribution in [3.63, 3.8) is 0 Å². The lowest BCUT2D eigenvalue weighted by molar-refractivity contribution is -0.153. The number of hydrogen-bond donors (Lipinski definition) is 1. The van der Waals surface area contributed by atoms with E-state index >= 15 is 0 Å². The Hall–Kier alpha value is -3.95. The number of aliphatic hydroxyl groups excluding tert-OH is 1. The Morgan fingerprint density at radius 1 is 0.981 bits per heavy atom. The van der Waals surface area contributed by atoms with E-state index < -0.39 is 22.2 Å². The third kappa shape index (κ3) is 8.16. The first-order valence-corrected chi connectivity index (χ1v) is 19.7. The number of para-hydroxylation sites is 1. The van der Waals surface area contributed by atoms with Crippen LogP contribution in [0.5, 0.6) is 5.75 Å². The molecule has 3 aliphatic heterocycles. The summed E-state index contributed by atoms with van der Waals surface area (Å²) >= 11 is 0.